The molecular formula is C15H18BrClN2. The van der Waals surface area contributed by atoms with Crippen molar-refractivity contribution < 1.29 is 0 Å². The molecule has 1 aromatic heterocycles. The Balaban J connectivity index is 2.24. The van der Waals surface area contributed by atoms with E-state index >= 15 is 0 Å². The summed E-state index contributed by atoms with van der Waals surface area (Å²) in [6, 6.07) is 10.5. The van der Waals surface area contributed by atoms with Gasteiger partial charge in [-0.1, -0.05) is 41.1 Å². The van der Waals surface area contributed by atoms with Crippen LogP contribution in [0.25, 0.3) is 0 Å². The first-order valence-corrected chi connectivity index (χ1v) is 7.80. The number of aryl methyl sites for hydroxylation is 2. The number of hydrogen-bond donors (Lipinski definition) is 0. The van der Waals surface area contributed by atoms with Crippen LogP contribution in [0.15, 0.2) is 34.8 Å². The second kappa shape index (κ2) is 6.58. The molecule has 4 heteroatoms. The second-order valence-corrected chi connectivity index (χ2v) is 5.84. The summed E-state index contributed by atoms with van der Waals surface area (Å²) in [6.07, 6.45) is 1.88. The average Bonchev–Trinajstić information content (AvgIpc) is 2.77. The average molecular weight is 342 g/mol. The number of hydrogen-bond acceptors (Lipinski definition) is 1. The fraction of sp³-hybridized carbons (Fsp3) is 0.400. The summed E-state index contributed by atoms with van der Waals surface area (Å²) in [5, 5.41) is 4.49. The van der Waals surface area contributed by atoms with Gasteiger partial charge >= 0.3 is 0 Å². The molecule has 1 unspecified atom stereocenters. The van der Waals surface area contributed by atoms with Gasteiger partial charge in [-0.05, 0) is 30.5 Å². The Hall–Kier alpha value is -0.800. The molecule has 2 rings (SSSR count). The lowest BCUT2D eigenvalue weighted by atomic mass is 9.96. The molecule has 0 aliphatic rings. The molecule has 0 fully saturated rings. The van der Waals surface area contributed by atoms with E-state index in [4.69, 9.17) is 11.6 Å². The number of rotatable bonds is 5. The fourth-order valence-corrected chi connectivity index (χ4v) is 3.13. The highest BCUT2D eigenvalue weighted by atomic mass is 79.9. The van der Waals surface area contributed by atoms with E-state index in [1.54, 1.807) is 0 Å². The molecular weight excluding hydrogens is 324 g/mol. The van der Waals surface area contributed by atoms with Crippen molar-refractivity contribution in [1.29, 1.82) is 0 Å². The van der Waals surface area contributed by atoms with E-state index in [2.05, 4.69) is 52.2 Å². The SMILES string of the molecule is CCc1cc(CC(CCl)c2ccccc2Br)n(C)n1. The molecule has 2 aromatic rings. The van der Waals surface area contributed by atoms with Crippen LogP contribution in [-0.2, 0) is 19.9 Å². The summed E-state index contributed by atoms with van der Waals surface area (Å²) in [6.45, 7) is 2.12. The van der Waals surface area contributed by atoms with Crippen LogP contribution < -0.4 is 0 Å². The first kappa shape index (κ1) is 14.6. The van der Waals surface area contributed by atoms with Crippen LogP contribution in [-0.4, -0.2) is 15.7 Å². The number of halogens is 2. The smallest absolute Gasteiger partial charge is 0.0624 e. The van der Waals surface area contributed by atoms with Gasteiger partial charge in [0.05, 0.1) is 5.69 Å². The van der Waals surface area contributed by atoms with Gasteiger partial charge in [-0.2, -0.15) is 5.10 Å². The molecule has 0 saturated carbocycles. The van der Waals surface area contributed by atoms with Gasteiger partial charge in [0.15, 0.2) is 0 Å². The van der Waals surface area contributed by atoms with Gasteiger partial charge in [-0.3, -0.25) is 4.68 Å². The predicted octanol–water partition coefficient (Wildman–Crippen LogP) is 4.31. The Labute approximate surface area is 127 Å². The monoisotopic (exact) mass is 340 g/mol. The zero-order valence-electron chi connectivity index (χ0n) is 11.2. The van der Waals surface area contributed by atoms with Crippen LogP contribution >= 0.6 is 27.5 Å². The Morgan fingerprint density at radius 2 is 2.11 bits per heavy atom. The summed E-state index contributed by atoms with van der Waals surface area (Å²) in [5.41, 5.74) is 3.63. The quantitative estimate of drug-likeness (QED) is 0.741. The molecule has 1 atom stereocenters. The predicted molar refractivity (Wildman–Crippen MR) is 83.9 cm³/mol. The standard InChI is InChI=1S/C15H18BrClN2/c1-3-12-9-13(19(2)18-12)8-11(10-17)14-6-4-5-7-15(14)16/h4-7,9,11H,3,8,10H2,1-2H3. The molecule has 1 heterocycles. The summed E-state index contributed by atoms with van der Waals surface area (Å²) in [5.74, 6) is 0.910. The van der Waals surface area contributed by atoms with E-state index < -0.39 is 0 Å². The van der Waals surface area contributed by atoms with Crippen LogP contribution in [0.3, 0.4) is 0 Å². The molecule has 0 N–H and O–H groups in total. The Bertz CT molecular complexity index is 551. The molecule has 1 aromatic carbocycles. The first-order chi connectivity index (χ1) is 9.15. The topological polar surface area (TPSA) is 17.8 Å². The van der Waals surface area contributed by atoms with Crippen molar-refractivity contribution in [2.75, 3.05) is 5.88 Å². The molecule has 0 spiro atoms. The van der Waals surface area contributed by atoms with E-state index in [0.717, 1.165) is 23.0 Å². The molecule has 0 aliphatic heterocycles. The third-order valence-corrected chi connectivity index (χ3v) is 4.47. The van der Waals surface area contributed by atoms with Gasteiger partial charge in [-0.15, -0.1) is 11.6 Å². The van der Waals surface area contributed by atoms with E-state index in [1.807, 2.05) is 17.8 Å². The zero-order chi connectivity index (χ0) is 13.8. The van der Waals surface area contributed by atoms with Gasteiger partial charge in [0, 0.05) is 29.0 Å². The normalized spacial score (nSPS) is 12.6. The van der Waals surface area contributed by atoms with Crippen molar-refractivity contribution >= 4 is 27.5 Å². The Morgan fingerprint density at radius 3 is 2.68 bits per heavy atom. The molecule has 102 valence electrons. The molecule has 0 bridgehead atoms. The fourth-order valence-electron chi connectivity index (χ4n) is 2.24. The van der Waals surface area contributed by atoms with Gasteiger partial charge < -0.3 is 0 Å². The minimum absolute atomic E-state index is 0.303. The van der Waals surface area contributed by atoms with E-state index in [9.17, 15) is 0 Å². The summed E-state index contributed by atoms with van der Waals surface area (Å²) in [4.78, 5) is 0. The maximum atomic E-state index is 6.17. The third kappa shape index (κ3) is 3.40. The van der Waals surface area contributed by atoms with Crippen molar-refractivity contribution in [2.24, 2.45) is 7.05 Å². The largest absolute Gasteiger partial charge is 0.272 e. The molecule has 0 radical (unpaired) electrons. The summed E-state index contributed by atoms with van der Waals surface area (Å²) >= 11 is 9.77. The highest BCUT2D eigenvalue weighted by Gasteiger charge is 2.16. The molecule has 0 aliphatic carbocycles. The van der Waals surface area contributed by atoms with Crippen LogP contribution in [0.2, 0.25) is 0 Å². The van der Waals surface area contributed by atoms with Crippen LogP contribution in [0, 0.1) is 0 Å². The van der Waals surface area contributed by atoms with E-state index in [1.165, 1.54) is 11.3 Å². The van der Waals surface area contributed by atoms with Gasteiger partial charge in [-0.25, -0.2) is 0 Å². The highest BCUT2D eigenvalue weighted by molar-refractivity contribution is 9.10. The third-order valence-electron chi connectivity index (χ3n) is 3.38. The van der Waals surface area contributed by atoms with E-state index in [0.29, 0.717) is 11.8 Å². The summed E-state index contributed by atoms with van der Waals surface area (Å²) < 4.78 is 3.09. The minimum atomic E-state index is 0.303. The maximum absolute atomic E-state index is 6.17. The summed E-state index contributed by atoms with van der Waals surface area (Å²) in [7, 11) is 2.00. The highest BCUT2D eigenvalue weighted by Crippen LogP contribution is 2.28. The van der Waals surface area contributed by atoms with Crippen molar-refractivity contribution in [3.63, 3.8) is 0 Å². The van der Waals surface area contributed by atoms with Crippen LogP contribution in [0.1, 0.15) is 29.8 Å². The number of aromatic nitrogens is 2. The molecule has 19 heavy (non-hydrogen) atoms. The van der Waals surface area contributed by atoms with E-state index in [-0.39, 0.29) is 0 Å². The van der Waals surface area contributed by atoms with Crippen molar-refractivity contribution in [2.45, 2.75) is 25.7 Å². The lowest BCUT2D eigenvalue weighted by molar-refractivity contribution is 0.654. The molecule has 2 nitrogen and oxygen atoms in total. The van der Waals surface area contributed by atoms with Crippen LogP contribution in [0.5, 0.6) is 0 Å². The molecule has 0 saturated heterocycles. The molecule has 0 amide bonds. The zero-order valence-corrected chi connectivity index (χ0v) is 13.6. The Kier molecular flexibility index (Phi) is 5.06. The van der Waals surface area contributed by atoms with Crippen LogP contribution in [0.4, 0.5) is 0 Å². The lowest BCUT2D eigenvalue weighted by Gasteiger charge is -2.16. The maximum Gasteiger partial charge on any atom is 0.0624 e. The number of nitrogens with zero attached hydrogens (tertiary/aromatic N) is 2. The van der Waals surface area contributed by atoms with Gasteiger partial charge in [0.1, 0.15) is 0 Å². The van der Waals surface area contributed by atoms with Gasteiger partial charge in [0.2, 0.25) is 0 Å². The van der Waals surface area contributed by atoms with Crippen molar-refractivity contribution in [1.82, 2.24) is 9.78 Å². The number of alkyl halides is 1. The minimum Gasteiger partial charge on any atom is -0.272 e. The Morgan fingerprint density at radius 1 is 1.37 bits per heavy atom. The van der Waals surface area contributed by atoms with Crippen molar-refractivity contribution in [3.05, 3.63) is 51.8 Å². The van der Waals surface area contributed by atoms with Gasteiger partial charge in [0.25, 0.3) is 0 Å². The first-order valence-electron chi connectivity index (χ1n) is 6.47. The lowest BCUT2D eigenvalue weighted by Crippen LogP contribution is -2.09. The second-order valence-electron chi connectivity index (χ2n) is 4.68. The number of benzene rings is 1. The van der Waals surface area contributed by atoms with Crippen molar-refractivity contribution in [3.8, 4) is 0 Å².